The fraction of sp³-hybridized carbons (Fsp3) is 0.364. The van der Waals surface area contributed by atoms with E-state index in [9.17, 15) is 9.59 Å². The van der Waals surface area contributed by atoms with Crippen LogP contribution in [0.3, 0.4) is 0 Å². The van der Waals surface area contributed by atoms with Crippen molar-refractivity contribution < 1.29 is 19.1 Å². The average molecular weight is 395 g/mol. The lowest BCUT2D eigenvalue weighted by Crippen LogP contribution is -2.59. The third-order valence-electron chi connectivity index (χ3n) is 5.42. The van der Waals surface area contributed by atoms with Gasteiger partial charge < -0.3 is 25.4 Å². The number of hydrogen-bond donors (Lipinski definition) is 3. The number of anilines is 1. The van der Waals surface area contributed by atoms with Crippen LogP contribution in [0.25, 0.3) is 0 Å². The highest BCUT2D eigenvalue weighted by atomic mass is 16.7. The van der Waals surface area contributed by atoms with Crippen molar-refractivity contribution in [2.45, 2.75) is 44.2 Å². The average Bonchev–Trinajstić information content (AvgIpc) is 3.21. The molecule has 0 radical (unpaired) electrons. The van der Waals surface area contributed by atoms with Crippen LogP contribution in [0.5, 0.6) is 11.5 Å². The van der Waals surface area contributed by atoms with Crippen LogP contribution in [0.4, 0.5) is 10.5 Å². The zero-order valence-electron chi connectivity index (χ0n) is 16.2. The normalized spacial score (nSPS) is 16.7. The summed E-state index contributed by atoms with van der Waals surface area (Å²) in [5.74, 6) is 1.06. The van der Waals surface area contributed by atoms with Crippen LogP contribution >= 0.6 is 0 Å². The van der Waals surface area contributed by atoms with E-state index in [1.807, 2.05) is 30.3 Å². The lowest BCUT2D eigenvalue weighted by molar-refractivity contribution is -0.123. The summed E-state index contributed by atoms with van der Waals surface area (Å²) in [6, 6.07) is 14.6. The molecule has 7 nitrogen and oxygen atoms in total. The Morgan fingerprint density at radius 3 is 2.48 bits per heavy atom. The molecule has 0 unspecified atom stereocenters. The molecule has 3 N–H and O–H groups in total. The van der Waals surface area contributed by atoms with Gasteiger partial charge in [0.05, 0.1) is 0 Å². The second kappa shape index (κ2) is 8.43. The molecule has 1 heterocycles. The smallest absolute Gasteiger partial charge is 0.315 e. The van der Waals surface area contributed by atoms with E-state index in [1.54, 1.807) is 18.2 Å². The first kappa shape index (κ1) is 19.1. The van der Waals surface area contributed by atoms with Gasteiger partial charge in [-0.05, 0) is 30.5 Å². The van der Waals surface area contributed by atoms with Crippen molar-refractivity contribution in [3.05, 3.63) is 54.1 Å². The number of amides is 3. The van der Waals surface area contributed by atoms with Crippen LogP contribution in [-0.2, 0) is 11.3 Å². The first-order chi connectivity index (χ1) is 14.1. The molecule has 0 atom stereocenters. The van der Waals surface area contributed by atoms with Crippen LogP contribution in [0.15, 0.2) is 48.5 Å². The zero-order chi connectivity index (χ0) is 20.1. The minimum atomic E-state index is -0.921. The van der Waals surface area contributed by atoms with Crippen molar-refractivity contribution in [3.63, 3.8) is 0 Å². The summed E-state index contributed by atoms with van der Waals surface area (Å²) in [6.07, 6.45) is 4.08. The molecular formula is C22H25N3O4. The fourth-order valence-electron chi connectivity index (χ4n) is 3.83. The van der Waals surface area contributed by atoms with Crippen LogP contribution in [0, 0.1) is 0 Å². The van der Waals surface area contributed by atoms with Crippen molar-refractivity contribution in [2.75, 3.05) is 12.1 Å². The van der Waals surface area contributed by atoms with Crippen LogP contribution in [0.2, 0.25) is 0 Å². The quantitative estimate of drug-likeness (QED) is 0.722. The van der Waals surface area contributed by atoms with Gasteiger partial charge in [-0.2, -0.15) is 0 Å². The third-order valence-corrected chi connectivity index (χ3v) is 5.42. The highest BCUT2D eigenvalue weighted by Gasteiger charge is 2.41. The maximum absolute atomic E-state index is 13.2. The molecule has 152 valence electrons. The summed E-state index contributed by atoms with van der Waals surface area (Å²) in [6.45, 7) is 0.590. The maximum Gasteiger partial charge on any atom is 0.315 e. The van der Waals surface area contributed by atoms with Crippen molar-refractivity contribution in [3.8, 4) is 11.5 Å². The van der Waals surface area contributed by atoms with Gasteiger partial charge in [0, 0.05) is 18.3 Å². The van der Waals surface area contributed by atoms with Gasteiger partial charge >= 0.3 is 6.03 Å². The molecule has 1 aliphatic carbocycles. The van der Waals surface area contributed by atoms with Crippen molar-refractivity contribution >= 4 is 17.6 Å². The monoisotopic (exact) mass is 395 g/mol. The van der Waals surface area contributed by atoms with Gasteiger partial charge in [0.1, 0.15) is 5.54 Å². The fourth-order valence-corrected chi connectivity index (χ4v) is 3.83. The number of fused-ring (bicyclic) bond motifs is 1. The van der Waals surface area contributed by atoms with E-state index >= 15 is 0 Å². The van der Waals surface area contributed by atoms with Crippen LogP contribution in [-0.4, -0.2) is 24.3 Å². The van der Waals surface area contributed by atoms with Gasteiger partial charge in [0.25, 0.3) is 0 Å². The second-order valence-electron chi connectivity index (χ2n) is 7.46. The Labute approximate surface area is 169 Å². The Hall–Kier alpha value is -3.22. The summed E-state index contributed by atoms with van der Waals surface area (Å²) < 4.78 is 10.7. The highest BCUT2D eigenvalue weighted by molar-refractivity contribution is 6.00. The van der Waals surface area contributed by atoms with E-state index in [0.29, 0.717) is 36.6 Å². The van der Waals surface area contributed by atoms with E-state index in [2.05, 4.69) is 16.0 Å². The number of benzene rings is 2. The van der Waals surface area contributed by atoms with E-state index < -0.39 is 5.54 Å². The highest BCUT2D eigenvalue weighted by Crippen LogP contribution is 2.35. The largest absolute Gasteiger partial charge is 0.454 e. The number of carbonyl (C=O) groups is 2. The van der Waals surface area contributed by atoms with E-state index in [4.69, 9.17) is 9.47 Å². The number of ether oxygens (including phenoxy) is 2. The van der Waals surface area contributed by atoms with Gasteiger partial charge in [0.15, 0.2) is 11.5 Å². The van der Waals surface area contributed by atoms with E-state index in [1.165, 1.54) is 0 Å². The molecule has 0 spiro atoms. The van der Waals surface area contributed by atoms with Gasteiger partial charge in [-0.25, -0.2) is 4.79 Å². The Kier molecular flexibility index (Phi) is 5.55. The zero-order valence-corrected chi connectivity index (χ0v) is 16.2. The molecule has 0 saturated heterocycles. The Morgan fingerprint density at radius 2 is 1.69 bits per heavy atom. The molecule has 1 fully saturated rings. The molecule has 0 bridgehead atoms. The van der Waals surface area contributed by atoms with Crippen molar-refractivity contribution in [1.82, 2.24) is 10.6 Å². The third kappa shape index (κ3) is 4.45. The molecule has 0 aromatic heterocycles. The van der Waals surface area contributed by atoms with Gasteiger partial charge in [-0.3, -0.25) is 4.79 Å². The lowest BCUT2D eigenvalue weighted by atomic mass is 9.81. The number of rotatable bonds is 5. The predicted molar refractivity (Wildman–Crippen MR) is 109 cm³/mol. The van der Waals surface area contributed by atoms with E-state index in [-0.39, 0.29) is 18.7 Å². The molecule has 3 amide bonds. The SMILES string of the molecule is O=C(NCc1ccccc1)NC1(C(=O)Nc2ccc3c(c2)OCO3)CCCCC1. The predicted octanol–water partition coefficient (Wildman–Crippen LogP) is 3.56. The van der Waals surface area contributed by atoms with Crippen molar-refractivity contribution in [1.29, 1.82) is 0 Å². The molecule has 2 aliphatic rings. The Balaban J connectivity index is 1.42. The number of carbonyl (C=O) groups excluding carboxylic acids is 2. The molecule has 1 aliphatic heterocycles. The summed E-state index contributed by atoms with van der Waals surface area (Å²) in [5.41, 5.74) is 0.705. The second-order valence-corrected chi connectivity index (χ2v) is 7.46. The number of urea groups is 1. The maximum atomic E-state index is 13.2. The molecule has 7 heteroatoms. The first-order valence-electron chi connectivity index (χ1n) is 9.96. The molecule has 29 heavy (non-hydrogen) atoms. The summed E-state index contributed by atoms with van der Waals surface area (Å²) in [7, 11) is 0. The molecule has 2 aromatic rings. The minimum absolute atomic E-state index is 0.180. The summed E-state index contributed by atoms with van der Waals surface area (Å²) >= 11 is 0. The molecule has 4 rings (SSSR count). The minimum Gasteiger partial charge on any atom is -0.454 e. The molecule has 1 saturated carbocycles. The lowest BCUT2D eigenvalue weighted by Gasteiger charge is -2.36. The van der Waals surface area contributed by atoms with Crippen molar-refractivity contribution in [2.24, 2.45) is 0 Å². The summed E-state index contributed by atoms with van der Waals surface area (Å²) in [4.78, 5) is 25.7. The number of nitrogens with one attached hydrogen (secondary N) is 3. The first-order valence-corrected chi connectivity index (χ1v) is 9.96. The van der Waals surface area contributed by atoms with Gasteiger partial charge in [-0.15, -0.1) is 0 Å². The van der Waals surface area contributed by atoms with Gasteiger partial charge in [0.2, 0.25) is 12.7 Å². The number of hydrogen-bond acceptors (Lipinski definition) is 4. The Bertz CT molecular complexity index is 879. The standard InChI is InChI=1S/C22H25N3O4/c26-20(24-17-9-10-18-19(13-17)29-15-28-18)22(11-5-2-6-12-22)25-21(27)23-14-16-7-3-1-4-8-16/h1,3-4,7-10,13H,2,5-6,11-12,14-15H2,(H,24,26)(H2,23,25,27). The Morgan fingerprint density at radius 1 is 0.931 bits per heavy atom. The molecule has 2 aromatic carbocycles. The molecular weight excluding hydrogens is 370 g/mol. The van der Waals surface area contributed by atoms with E-state index in [0.717, 1.165) is 24.8 Å². The van der Waals surface area contributed by atoms with Crippen LogP contribution in [0.1, 0.15) is 37.7 Å². The summed E-state index contributed by atoms with van der Waals surface area (Å²) in [5, 5.41) is 8.76. The topological polar surface area (TPSA) is 88.7 Å². The van der Waals surface area contributed by atoms with Gasteiger partial charge in [-0.1, -0.05) is 49.6 Å². The van der Waals surface area contributed by atoms with Crippen LogP contribution < -0.4 is 25.4 Å².